The Morgan fingerprint density at radius 3 is 1.89 bits per heavy atom. The van der Waals surface area contributed by atoms with Gasteiger partial charge in [0.2, 0.25) is 0 Å². The second-order valence-electron chi connectivity index (χ2n) is 18.6. The first-order valence-electron chi connectivity index (χ1n) is 22.8. The van der Waals surface area contributed by atoms with E-state index in [9.17, 15) is 0 Å². The summed E-state index contributed by atoms with van der Waals surface area (Å²) in [5, 5.41) is 7.96. The number of hydrogen-bond acceptors (Lipinski definition) is 1. The normalized spacial score (nSPS) is 18.0. The molecule has 14 rings (SSSR count). The lowest BCUT2D eigenvalue weighted by molar-refractivity contribution is 0.660. The highest BCUT2D eigenvalue weighted by Crippen LogP contribution is 2.62. The SMILES string of the molecule is CC1(C)c2ccccc2-c2ccc(-c3ccc4c(c3)-c3cc(C5=CC(c6ccccc6)=NC(c6ccccc6)[N-]5)ccc3C43c4ccccc4-n4c5ccccc5c5cccc3c54)cc21. The molecule has 3 heteroatoms. The van der Waals surface area contributed by atoms with Gasteiger partial charge < -0.3 is 9.88 Å². The summed E-state index contributed by atoms with van der Waals surface area (Å²) in [5.41, 5.74) is 23.8. The summed E-state index contributed by atoms with van der Waals surface area (Å²) < 4.78 is 2.52. The molecule has 0 saturated carbocycles. The molecule has 306 valence electrons. The van der Waals surface area contributed by atoms with E-state index in [1.54, 1.807) is 0 Å². The molecule has 1 spiro atoms. The lowest BCUT2D eigenvalue weighted by atomic mass is 9.65. The molecule has 2 aliphatic carbocycles. The quantitative estimate of drug-likeness (QED) is 0.169. The van der Waals surface area contributed by atoms with E-state index in [2.05, 4.69) is 231 Å². The Labute approximate surface area is 378 Å². The van der Waals surface area contributed by atoms with Crippen LogP contribution < -0.4 is 0 Å². The van der Waals surface area contributed by atoms with Crippen LogP contribution in [0.25, 0.3) is 71.9 Å². The Morgan fingerprint density at radius 2 is 1.06 bits per heavy atom. The zero-order chi connectivity index (χ0) is 43.0. The zero-order valence-corrected chi connectivity index (χ0v) is 36.1. The molecular weight excluding hydrogens is 787 g/mol. The summed E-state index contributed by atoms with van der Waals surface area (Å²) in [6.45, 7) is 4.74. The van der Waals surface area contributed by atoms with Crippen molar-refractivity contribution in [2.24, 2.45) is 4.99 Å². The fourth-order valence-electron chi connectivity index (χ4n) is 12.0. The van der Waals surface area contributed by atoms with Gasteiger partial charge in [-0.3, -0.25) is 4.99 Å². The summed E-state index contributed by atoms with van der Waals surface area (Å²) in [7, 11) is 0. The molecule has 10 aromatic rings. The van der Waals surface area contributed by atoms with Crippen molar-refractivity contribution < 1.29 is 0 Å². The van der Waals surface area contributed by atoms with Crippen LogP contribution in [0.4, 0.5) is 0 Å². The lowest BCUT2D eigenvalue weighted by Gasteiger charge is -2.40. The second-order valence-corrected chi connectivity index (χ2v) is 18.6. The van der Waals surface area contributed by atoms with E-state index in [4.69, 9.17) is 10.3 Å². The third kappa shape index (κ3) is 4.93. The van der Waals surface area contributed by atoms with E-state index >= 15 is 0 Å². The maximum absolute atomic E-state index is 5.40. The van der Waals surface area contributed by atoms with Gasteiger partial charge in [-0.1, -0.05) is 196 Å². The van der Waals surface area contributed by atoms with Crippen molar-refractivity contribution in [2.75, 3.05) is 0 Å². The third-order valence-corrected chi connectivity index (χ3v) is 15.0. The predicted octanol–water partition coefficient (Wildman–Crippen LogP) is 15.3. The molecule has 0 fully saturated rings. The van der Waals surface area contributed by atoms with E-state index in [-0.39, 0.29) is 11.6 Å². The van der Waals surface area contributed by atoms with Crippen molar-refractivity contribution in [3.8, 4) is 39.1 Å². The molecule has 4 aliphatic rings. The standard InChI is InChI=1S/C62H42N3/c1-61(2)49-23-11-9-20-43(49)44-31-28-41(36-54(44)61)40-29-32-50-47(34-40)48-35-42(56-37-55(38-16-5-3-6-17-38)63-60(64-56)39-18-7-4-8-19-39)30-33-51(48)62(50)52-24-12-14-27-58(52)65-57-26-13-10-21-45(57)46-22-15-25-53(62)59(46)65/h3-37,60H,1-2H3/q-1. The smallest absolute Gasteiger partial charge is 0.0754 e. The minimum absolute atomic E-state index is 0.0933. The number of allylic oxidation sites excluding steroid dienone is 1. The molecule has 0 amide bonds. The number of nitrogens with zero attached hydrogens (tertiary/aromatic N) is 3. The summed E-state index contributed by atoms with van der Waals surface area (Å²) in [5.74, 6) is 0. The molecule has 2 unspecified atom stereocenters. The average Bonchev–Trinajstić information content (AvgIpc) is 3.94. The summed E-state index contributed by atoms with van der Waals surface area (Å²) in [4.78, 5) is 5.23. The van der Waals surface area contributed by atoms with Gasteiger partial charge in [0, 0.05) is 22.4 Å². The van der Waals surface area contributed by atoms with Gasteiger partial charge in [0.1, 0.15) is 0 Å². The summed E-state index contributed by atoms with van der Waals surface area (Å²) in [6.07, 6.45) is 1.82. The highest BCUT2D eigenvalue weighted by Gasteiger charge is 2.51. The van der Waals surface area contributed by atoms with E-state index in [1.165, 1.54) is 94.3 Å². The Hall–Kier alpha value is -8.01. The fourth-order valence-corrected chi connectivity index (χ4v) is 12.0. The molecule has 0 radical (unpaired) electrons. The molecule has 3 heterocycles. The number of fused-ring (bicyclic) bond motifs is 15. The molecule has 0 N–H and O–H groups in total. The number of aromatic nitrogens is 1. The molecule has 9 aromatic carbocycles. The van der Waals surface area contributed by atoms with Gasteiger partial charge in [-0.05, 0) is 114 Å². The zero-order valence-electron chi connectivity index (χ0n) is 36.1. The Bertz CT molecular complexity index is 3720. The van der Waals surface area contributed by atoms with E-state index in [0.717, 1.165) is 28.1 Å². The van der Waals surface area contributed by atoms with Crippen LogP contribution in [0, 0.1) is 0 Å². The maximum Gasteiger partial charge on any atom is 0.0754 e. The van der Waals surface area contributed by atoms with Crippen molar-refractivity contribution in [2.45, 2.75) is 30.8 Å². The van der Waals surface area contributed by atoms with Gasteiger partial charge in [0.05, 0.1) is 27.8 Å². The number of hydrogen-bond donors (Lipinski definition) is 0. The average molecular weight is 829 g/mol. The van der Waals surface area contributed by atoms with Gasteiger partial charge in [0.25, 0.3) is 0 Å². The molecule has 1 aromatic heterocycles. The molecule has 0 bridgehead atoms. The van der Waals surface area contributed by atoms with Gasteiger partial charge >= 0.3 is 0 Å². The van der Waals surface area contributed by atoms with Crippen LogP contribution in [0.5, 0.6) is 0 Å². The highest BCUT2D eigenvalue weighted by molar-refractivity contribution is 6.15. The van der Waals surface area contributed by atoms with Crippen LogP contribution in [0.2, 0.25) is 0 Å². The minimum atomic E-state index is -0.564. The van der Waals surface area contributed by atoms with E-state index < -0.39 is 5.41 Å². The van der Waals surface area contributed by atoms with Crippen molar-refractivity contribution in [3.63, 3.8) is 0 Å². The topological polar surface area (TPSA) is 31.4 Å². The fraction of sp³-hybridized carbons (Fsp3) is 0.0806. The van der Waals surface area contributed by atoms with Crippen molar-refractivity contribution in [3.05, 3.63) is 268 Å². The van der Waals surface area contributed by atoms with Gasteiger partial charge in [-0.2, -0.15) is 0 Å². The van der Waals surface area contributed by atoms with E-state index in [1.807, 2.05) is 0 Å². The molecule has 2 aliphatic heterocycles. The first-order chi connectivity index (χ1) is 32.0. The van der Waals surface area contributed by atoms with Gasteiger partial charge in [-0.15, -0.1) is 5.70 Å². The van der Waals surface area contributed by atoms with E-state index in [0.29, 0.717) is 0 Å². The van der Waals surface area contributed by atoms with Crippen molar-refractivity contribution in [1.29, 1.82) is 0 Å². The first-order valence-corrected chi connectivity index (χ1v) is 22.8. The third-order valence-electron chi connectivity index (χ3n) is 15.0. The molecular formula is C62H42N3-. The van der Waals surface area contributed by atoms with Crippen molar-refractivity contribution >= 4 is 33.2 Å². The molecule has 2 atom stereocenters. The van der Waals surface area contributed by atoms with Gasteiger partial charge in [-0.25, -0.2) is 0 Å². The van der Waals surface area contributed by atoms with Crippen molar-refractivity contribution in [1.82, 2.24) is 4.57 Å². The van der Waals surface area contributed by atoms with Crippen LogP contribution in [-0.4, -0.2) is 10.3 Å². The second kappa shape index (κ2) is 13.3. The minimum Gasteiger partial charge on any atom is -0.659 e. The number of rotatable bonds is 4. The number of para-hydroxylation sites is 3. The molecule has 0 saturated heterocycles. The van der Waals surface area contributed by atoms with Gasteiger partial charge in [0.15, 0.2) is 0 Å². The van der Waals surface area contributed by atoms with Crippen LogP contribution >= 0.6 is 0 Å². The van der Waals surface area contributed by atoms with Crippen LogP contribution in [-0.2, 0) is 10.8 Å². The largest absolute Gasteiger partial charge is 0.659 e. The molecule has 3 nitrogen and oxygen atoms in total. The Kier molecular flexibility index (Phi) is 7.44. The first kappa shape index (κ1) is 36.5. The summed E-state index contributed by atoms with van der Waals surface area (Å²) >= 11 is 0. The number of benzene rings is 9. The predicted molar refractivity (Wildman–Crippen MR) is 268 cm³/mol. The molecule has 65 heavy (non-hydrogen) atoms. The Balaban J connectivity index is 1.02. The van der Waals surface area contributed by atoms with Crippen LogP contribution in [0.15, 0.2) is 217 Å². The monoisotopic (exact) mass is 828 g/mol. The van der Waals surface area contributed by atoms with Crippen LogP contribution in [0.1, 0.15) is 70.1 Å². The summed E-state index contributed by atoms with van der Waals surface area (Å²) in [6, 6.07) is 76.5. The highest BCUT2D eigenvalue weighted by atomic mass is 15.1. The Morgan fingerprint density at radius 1 is 0.446 bits per heavy atom. The number of aliphatic imine (C=N–C) groups is 1. The van der Waals surface area contributed by atoms with Crippen LogP contribution in [0.3, 0.4) is 0 Å². The maximum atomic E-state index is 5.40. The lowest BCUT2D eigenvalue weighted by Crippen LogP contribution is -2.33.